The van der Waals surface area contributed by atoms with Crippen LogP contribution in [0, 0.1) is 0 Å². The number of aliphatic hydroxyl groups excluding tert-OH is 2. The van der Waals surface area contributed by atoms with Gasteiger partial charge in [-0.2, -0.15) is 13.2 Å². The van der Waals surface area contributed by atoms with Gasteiger partial charge in [-0.3, -0.25) is 4.79 Å². The van der Waals surface area contributed by atoms with Crippen LogP contribution in [0.15, 0.2) is 18.3 Å². The van der Waals surface area contributed by atoms with Crippen molar-refractivity contribution >= 4 is 5.97 Å². The van der Waals surface area contributed by atoms with Crippen molar-refractivity contribution in [3.8, 4) is 5.88 Å². The quantitative estimate of drug-likeness (QED) is 0.762. The van der Waals surface area contributed by atoms with Crippen molar-refractivity contribution in [1.29, 1.82) is 0 Å². The molecule has 0 saturated carbocycles. The van der Waals surface area contributed by atoms with Gasteiger partial charge in [0.25, 0.3) is 0 Å². The Morgan fingerprint density at radius 2 is 2.05 bits per heavy atom. The number of methoxy groups -OCH3 is 1. The molecule has 21 heavy (non-hydrogen) atoms. The molecular formula is C12H14F3NO5. The van der Waals surface area contributed by atoms with Crippen LogP contribution in [0.25, 0.3) is 0 Å². The highest BCUT2D eigenvalue weighted by Crippen LogP contribution is 2.21. The summed E-state index contributed by atoms with van der Waals surface area (Å²) in [6.07, 6.45) is -6.69. The Morgan fingerprint density at radius 1 is 1.38 bits per heavy atom. The minimum atomic E-state index is -4.48. The van der Waals surface area contributed by atoms with Crippen LogP contribution in [0.1, 0.15) is 18.1 Å². The van der Waals surface area contributed by atoms with Gasteiger partial charge in [0, 0.05) is 17.8 Å². The number of hydrogen-bond donors (Lipinski definition) is 2. The molecule has 1 aromatic heterocycles. The number of aromatic nitrogens is 1. The molecule has 0 aliphatic rings. The van der Waals surface area contributed by atoms with Crippen molar-refractivity contribution in [2.24, 2.45) is 0 Å². The Kier molecular flexibility index (Phi) is 5.91. The van der Waals surface area contributed by atoms with Crippen LogP contribution in [-0.4, -0.2) is 47.2 Å². The van der Waals surface area contributed by atoms with E-state index in [1.54, 1.807) is 0 Å². The number of esters is 1. The first-order chi connectivity index (χ1) is 9.73. The van der Waals surface area contributed by atoms with Crippen LogP contribution < -0.4 is 4.74 Å². The molecule has 0 aromatic carbocycles. The minimum Gasteiger partial charge on any atom is -0.469 e. The molecule has 0 amide bonds. The molecule has 1 heterocycles. The maximum atomic E-state index is 11.9. The first-order valence-electron chi connectivity index (χ1n) is 5.81. The summed E-state index contributed by atoms with van der Waals surface area (Å²) in [6, 6.07) is 2.36. The second-order valence-corrected chi connectivity index (χ2v) is 4.13. The second kappa shape index (κ2) is 7.23. The molecule has 6 nitrogen and oxygen atoms in total. The predicted molar refractivity (Wildman–Crippen MR) is 63.4 cm³/mol. The lowest BCUT2D eigenvalue weighted by Gasteiger charge is -2.17. The average Bonchev–Trinajstić information content (AvgIpc) is 2.43. The van der Waals surface area contributed by atoms with Crippen molar-refractivity contribution in [3.63, 3.8) is 0 Å². The predicted octanol–water partition coefficient (Wildman–Crippen LogP) is 0.980. The van der Waals surface area contributed by atoms with Crippen LogP contribution in [0.5, 0.6) is 5.88 Å². The fraction of sp³-hybridized carbons (Fsp3) is 0.500. The monoisotopic (exact) mass is 309 g/mol. The summed E-state index contributed by atoms with van der Waals surface area (Å²) in [7, 11) is 1.13. The number of aliphatic hydroxyl groups is 2. The number of nitrogens with zero attached hydrogens (tertiary/aromatic N) is 1. The van der Waals surface area contributed by atoms with Gasteiger partial charge in [0.05, 0.1) is 19.6 Å². The highest BCUT2D eigenvalue weighted by Gasteiger charge is 2.28. The first kappa shape index (κ1) is 17.2. The van der Waals surface area contributed by atoms with Gasteiger partial charge in [-0.05, 0) is 6.07 Å². The number of halogens is 3. The van der Waals surface area contributed by atoms with Crippen molar-refractivity contribution < 1.29 is 37.7 Å². The van der Waals surface area contributed by atoms with Gasteiger partial charge in [-0.25, -0.2) is 4.98 Å². The third-order valence-electron chi connectivity index (χ3n) is 2.45. The van der Waals surface area contributed by atoms with Gasteiger partial charge in [-0.15, -0.1) is 0 Å². The summed E-state index contributed by atoms with van der Waals surface area (Å²) in [6.45, 7) is -1.48. The van der Waals surface area contributed by atoms with Crippen LogP contribution >= 0.6 is 0 Å². The van der Waals surface area contributed by atoms with Gasteiger partial charge in [0.15, 0.2) is 6.61 Å². The van der Waals surface area contributed by atoms with E-state index in [9.17, 15) is 28.2 Å². The molecule has 0 radical (unpaired) electrons. The van der Waals surface area contributed by atoms with E-state index in [0.717, 1.165) is 19.4 Å². The standard InChI is InChI=1S/C12H14F3NO5/c1-20-10(18)4-8(17)11(19)7-2-3-9(16-5-7)21-6-12(13,14)15/h2-3,5,8,11,17,19H,4,6H2,1H3. The molecule has 1 rings (SSSR count). The summed E-state index contributed by atoms with van der Waals surface area (Å²) in [4.78, 5) is 14.5. The lowest BCUT2D eigenvalue weighted by atomic mass is 10.0. The SMILES string of the molecule is COC(=O)CC(O)C(O)c1ccc(OCC(F)(F)F)nc1. The number of rotatable bonds is 6. The van der Waals surface area contributed by atoms with E-state index in [4.69, 9.17) is 0 Å². The Morgan fingerprint density at radius 3 is 2.52 bits per heavy atom. The number of alkyl halides is 3. The molecule has 0 bridgehead atoms. The molecule has 2 N–H and O–H groups in total. The van der Waals surface area contributed by atoms with E-state index in [-0.39, 0.29) is 11.4 Å². The number of pyridine rings is 1. The van der Waals surface area contributed by atoms with Crippen molar-refractivity contribution in [3.05, 3.63) is 23.9 Å². The smallest absolute Gasteiger partial charge is 0.422 e. The maximum Gasteiger partial charge on any atom is 0.422 e. The fourth-order valence-electron chi connectivity index (χ4n) is 1.40. The normalized spacial score (nSPS) is 14.4. The average molecular weight is 309 g/mol. The summed E-state index contributed by atoms with van der Waals surface area (Å²) in [5.74, 6) is -0.981. The van der Waals surface area contributed by atoms with Crippen LogP contribution in [0.3, 0.4) is 0 Å². The molecule has 2 unspecified atom stereocenters. The molecule has 9 heteroatoms. The topological polar surface area (TPSA) is 88.9 Å². The highest BCUT2D eigenvalue weighted by atomic mass is 19.4. The Hall–Kier alpha value is -1.87. The molecule has 0 saturated heterocycles. The van der Waals surface area contributed by atoms with Crippen LogP contribution in [-0.2, 0) is 9.53 Å². The molecule has 1 aromatic rings. The van der Waals surface area contributed by atoms with Crippen molar-refractivity contribution in [2.45, 2.75) is 24.8 Å². The summed E-state index contributed by atoms with van der Waals surface area (Å²) < 4.78 is 44.6. The van der Waals surface area contributed by atoms with Gasteiger partial charge >= 0.3 is 12.1 Å². The lowest BCUT2D eigenvalue weighted by Crippen LogP contribution is -2.23. The van der Waals surface area contributed by atoms with E-state index in [0.29, 0.717) is 0 Å². The fourth-order valence-corrected chi connectivity index (χ4v) is 1.40. The van der Waals surface area contributed by atoms with E-state index in [1.165, 1.54) is 6.07 Å². The van der Waals surface area contributed by atoms with Crippen LogP contribution in [0.2, 0.25) is 0 Å². The Labute approximate surface area is 118 Å². The number of hydrogen-bond acceptors (Lipinski definition) is 6. The molecule has 0 aliphatic carbocycles. The third-order valence-corrected chi connectivity index (χ3v) is 2.45. The van der Waals surface area contributed by atoms with Crippen molar-refractivity contribution in [1.82, 2.24) is 4.98 Å². The van der Waals surface area contributed by atoms with E-state index >= 15 is 0 Å². The number of carbonyl (C=O) groups excluding carboxylic acids is 1. The molecule has 118 valence electrons. The van der Waals surface area contributed by atoms with Crippen LogP contribution in [0.4, 0.5) is 13.2 Å². The van der Waals surface area contributed by atoms with E-state index < -0.39 is 37.4 Å². The zero-order valence-corrected chi connectivity index (χ0v) is 11.0. The maximum absolute atomic E-state index is 11.9. The van der Waals surface area contributed by atoms with E-state index in [1.807, 2.05) is 0 Å². The zero-order chi connectivity index (χ0) is 16.0. The van der Waals surface area contributed by atoms with Gasteiger partial charge in [0.1, 0.15) is 6.10 Å². The Balaban J connectivity index is 2.62. The third kappa shape index (κ3) is 5.96. The molecule has 0 fully saturated rings. The zero-order valence-electron chi connectivity index (χ0n) is 11.0. The molecule has 0 spiro atoms. The number of ether oxygens (including phenoxy) is 2. The minimum absolute atomic E-state index is 0.130. The summed E-state index contributed by atoms with van der Waals surface area (Å²) >= 11 is 0. The number of carbonyl (C=O) groups is 1. The van der Waals surface area contributed by atoms with Gasteiger partial charge in [-0.1, -0.05) is 0 Å². The van der Waals surface area contributed by atoms with Gasteiger partial charge < -0.3 is 19.7 Å². The Bertz CT molecular complexity index is 463. The molecular weight excluding hydrogens is 295 g/mol. The van der Waals surface area contributed by atoms with Gasteiger partial charge in [0.2, 0.25) is 5.88 Å². The van der Waals surface area contributed by atoms with E-state index in [2.05, 4.69) is 14.5 Å². The summed E-state index contributed by atoms with van der Waals surface area (Å²) in [5, 5.41) is 19.4. The largest absolute Gasteiger partial charge is 0.469 e. The first-order valence-corrected chi connectivity index (χ1v) is 5.81. The molecule has 2 atom stereocenters. The molecule has 0 aliphatic heterocycles. The van der Waals surface area contributed by atoms with Crippen molar-refractivity contribution in [2.75, 3.05) is 13.7 Å². The summed E-state index contributed by atoms with van der Waals surface area (Å²) in [5.41, 5.74) is 0.130. The highest BCUT2D eigenvalue weighted by molar-refractivity contribution is 5.69. The lowest BCUT2D eigenvalue weighted by molar-refractivity contribution is -0.154. The second-order valence-electron chi connectivity index (χ2n) is 4.13.